The maximum absolute atomic E-state index is 11.9. The summed E-state index contributed by atoms with van der Waals surface area (Å²) in [6.45, 7) is 0. The van der Waals surface area contributed by atoms with Gasteiger partial charge in [-0.1, -0.05) is 18.2 Å². The first-order valence-electron chi connectivity index (χ1n) is 9.00. The van der Waals surface area contributed by atoms with Crippen LogP contribution in [-0.4, -0.2) is 18.7 Å². The van der Waals surface area contributed by atoms with Crippen molar-refractivity contribution in [3.05, 3.63) is 47.5 Å². The Hall–Kier alpha value is -2.62. The van der Waals surface area contributed by atoms with Gasteiger partial charge in [-0.25, -0.2) is 0 Å². The van der Waals surface area contributed by atoms with E-state index in [1.807, 2.05) is 19.2 Å². The van der Waals surface area contributed by atoms with Gasteiger partial charge in [0.25, 0.3) is 0 Å². The van der Waals surface area contributed by atoms with Crippen molar-refractivity contribution in [2.75, 3.05) is 17.7 Å². The minimum absolute atomic E-state index is 0.0950. The zero-order chi connectivity index (χ0) is 17.4. The molecule has 2 aromatic carbocycles. The summed E-state index contributed by atoms with van der Waals surface area (Å²) in [5, 5.41) is 14.7. The fourth-order valence-electron chi connectivity index (χ4n) is 3.63. The summed E-state index contributed by atoms with van der Waals surface area (Å²) in [5.41, 5.74) is 7.15. The first-order valence-corrected chi connectivity index (χ1v) is 9.00. The lowest BCUT2D eigenvalue weighted by Crippen LogP contribution is -2.09. The monoisotopic (exact) mass is 333 g/mol. The van der Waals surface area contributed by atoms with Gasteiger partial charge in [0, 0.05) is 42.0 Å². The topological polar surface area (TPSA) is 65.0 Å². The Balaban J connectivity index is 1.80. The van der Waals surface area contributed by atoms with Crippen LogP contribution in [0, 0.1) is 11.3 Å². The minimum atomic E-state index is 0.0950. The first-order chi connectivity index (χ1) is 12.2. The summed E-state index contributed by atoms with van der Waals surface area (Å²) in [7, 11) is 1.91. The highest BCUT2D eigenvalue weighted by molar-refractivity contribution is 6.06. The molecule has 2 aromatic rings. The predicted octanol–water partition coefficient (Wildman–Crippen LogP) is 4.45. The maximum atomic E-state index is 11.9. The number of nitrogens with one attached hydrogen (secondary N) is 3. The van der Waals surface area contributed by atoms with E-state index in [-0.39, 0.29) is 5.91 Å². The Morgan fingerprint density at radius 1 is 1.20 bits per heavy atom. The molecule has 0 aromatic heterocycles. The Bertz CT molecular complexity index is 852. The van der Waals surface area contributed by atoms with Crippen LogP contribution in [0.15, 0.2) is 36.4 Å². The zero-order valence-electron chi connectivity index (χ0n) is 14.5. The quantitative estimate of drug-likeness (QED) is 0.724. The standard InChI is InChI=1S/C21H23N3O/c1-23-18-11-10-14(12-17(18)21(22)13-8-9-13)15-4-2-6-19-16(15)5-3-7-20(25)24-19/h2,4,6,10-13,22-23H,3,5,7-9H2,1H3,(H,24,25). The summed E-state index contributed by atoms with van der Waals surface area (Å²) in [5.74, 6) is 0.507. The molecule has 25 heavy (non-hydrogen) atoms. The molecule has 1 saturated carbocycles. The van der Waals surface area contributed by atoms with Gasteiger partial charge in [-0.05, 0) is 60.6 Å². The molecule has 4 heteroatoms. The van der Waals surface area contributed by atoms with Crippen LogP contribution in [0.25, 0.3) is 11.1 Å². The average Bonchev–Trinajstić information content (AvgIpc) is 3.47. The minimum Gasteiger partial charge on any atom is -0.388 e. The highest BCUT2D eigenvalue weighted by Gasteiger charge is 2.29. The lowest BCUT2D eigenvalue weighted by atomic mass is 9.92. The van der Waals surface area contributed by atoms with Crippen molar-refractivity contribution >= 4 is 23.0 Å². The van der Waals surface area contributed by atoms with E-state index < -0.39 is 0 Å². The van der Waals surface area contributed by atoms with Crippen LogP contribution >= 0.6 is 0 Å². The van der Waals surface area contributed by atoms with Crippen molar-refractivity contribution < 1.29 is 4.79 Å². The number of hydrogen-bond acceptors (Lipinski definition) is 3. The van der Waals surface area contributed by atoms with Crippen LogP contribution in [0.1, 0.15) is 36.8 Å². The number of carbonyl (C=O) groups is 1. The largest absolute Gasteiger partial charge is 0.388 e. The molecule has 1 heterocycles. The van der Waals surface area contributed by atoms with E-state index in [0.717, 1.165) is 59.5 Å². The third-order valence-electron chi connectivity index (χ3n) is 5.16. The molecule has 2 aliphatic rings. The molecule has 0 unspecified atom stereocenters. The van der Waals surface area contributed by atoms with E-state index in [1.165, 1.54) is 5.56 Å². The van der Waals surface area contributed by atoms with E-state index in [1.54, 1.807) is 0 Å². The van der Waals surface area contributed by atoms with E-state index in [9.17, 15) is 4.79 Å². The van der Waals surface area contributed by atoms with Gasteiger partial charge in [0.1, 0.15) is 0 Å². The number of rotatable bonds is 4. The molecule has 0 atom stereocenters. The van der Waals surface area contributed by atoms with Crippen LogP contribution in [0.5, 0.6) is 0 Å². The van der Waals surface area contributed by atoms with Crippen molar-refractivity contribution in [3.8, 4) is 11.1 Å². The molecule has 1 fully saturated rings. The van der Waals surface area contributed by atoms with Gasteiger partial charge in [0.05, 0.1) is 0 Å². The molecule has 0 radical (unpaired) electrons. The Morgan fingerprint density at radius 3 is 2.80 bits per heavy atom. The number of hydrogen-bond donors (Lipinski definition) is 3. The van der Waals surface area contributed by atoms with Crippen LogP contribution in [-0.2, 0) is 11.2 Å². The first kappa shape index (κ1) is 15.9. The normalized spacial score (nSPS) is 16.6. The molecule has 3 N–H and O–H groups in total. The number of carbonyl (C=O) groups excluding carboxylic acids is 1. The van der Waals surface area contributed by atoms with E-state index in [2.05, 4.69) is 34.9 Å². The fraction of sp³-hybridized carbons (Fsp3) is 0.333. The third-order valence-corrected chi connectivity index (χ3v) is 5.16. The molecule has 0 spiro atoms. The Kier molecular flexibility index (Phi) is 4.04. The van der Waals surface area contributed by atoms with Crippen molar-refractivity contribution in [3.63, 3.8) is 0 Å². The molecule has 1 aliphatic heterocycles. The maximum Gasteiger partial charge on any atom is 0.224 e. The number of benzene rings is 2. The Morgan fingerprint density at radius 2 is 2.04 bits per heavy atom. The van der Waals surface area contributed by atoms with Gasteiger partial charge in [0.15, 0.2) is 0 Å². The van der Waals surface area contributed by atoms with Crippen molar-refractivity contribution in [1.29, 1.82) is 5.41 Å². The third kappa shape index (κ3) is 3.04. The van der Waals surface area contributed by atoms with E-state index in [0.29, 0.717) is 12.3 Å². The average molecular weight is 333 g/mol. The van der Waals surface area contributed by atoms with Crippen molar-refractivity contribution in [1.82, 2.24) is 0 Å². The molecule has 4 rings (SSSR count). The zero-order valence-corrected chi connectivity index (χ0v) is 14.5. The SMILES string of the molecule is CNc1ccc(-c2cccc3c2CCCC(=O)N3)cc1C(=N)C1CC1. The molecular formula is C21H23N3O. The molecule has 1 amide bonds. The molecule has 0 saturated heterocycles. The molecular weight excluding hydrogens is 310 g/mol. The van der Waals surface area contributed by atoms with E-state index in [4.69, 9.17) is 5.41 Å². The van der Waals surface area contributed by atoms with Gasteiger partial charge >= 0.3 is 0 Å². The van der Waals surface area contributed by atoms with Crippen LogP contribution in [0.3, 0.4) is 0 Å². The lowest BCUT2D eigenvalue weighted by molar-refractivity contribution is -0.116. The van der Waals surface area contributed by atoms with Gasteiger partial charge < -0.3 is 16.0 Å². The summed E-state index contributed by atoms with van der Waals surface area (Å²) in [6, 6.07) is 12.4. The molecule has 4 nitrogen and oxygen atoms in total. The summed E-state index contributed by atoms with van der Waals surface area (Å²) in [4.78, 5) is 11.9. The second-order valence-electron chi connectivity index (χ2n) is 6.93. The summed E-state index contributed by atoms with van der Waals surface area (Å²) in [6.07, 6.45) is 4.59. The van der Waals surface area contributed by atoms with Crippen molar-refractivity contribution in [2.45, 2.75) is 32.1 Å². The summed E-state index contributed by atoms with van der Waals surface area (Å²) >= 11 is 0. The lowest BCUT2D eigenvalue weighted by Gasteiger charge is -2.16. The number of fused-ring (bicyclic) bond motifs is 1. The Labute approximate surface area is 148 Å². The van der Waals surface area contributed by atoms with Crippen LogP contribution in [0.2, 0.25) is 0 Å². The smallest absolute Gasteiger partial charge is 0.224 e. The predicted molar refractivity (Wildman–Crippen MR) is 103 cm³/mol. The number of amides is 1. The van der Waals surface area contributed by atoms with Gasteiger partial charge in [0.2, 0.25) is 5.91 Å². The molecule has 0 bridgehead atoms. The van der Waals surface area contributed by atoms with Crippen molar-refractivity contribution in [2.24, 2.45) is 5.92 Å². The van der Waals surface area contributed by atoms with Gasteiger partial charge in [-0.15, -0.1) is 0 Å². The fourth-order valence-corrected chi connectivity index (χ4v) is 3.63. The van der Waals surface area contributed by atoms with Crippen LogP contribution < -0.4 is 10.6 Å². The highest BCUT2D eigenvalue weighted by Crippen LogP contribution is 2.38. The second-order valence-corrected chi connectivity index (χ2v) is 6.93. The second kappa shape index (κ2) is 6.36. The van der Waals surface area contributed by atoms with E-state index >= 15 is 0 Å². The van der Waals surface area contributed by atoms with Gasteiger partial charge in [-0.2, -0.15) is 0 Å². The van der Waals surface area contributed by atoms with Gasteiger partial charge in [-0.3, -0.25) is 4.79 Å². The highest BCUT2D eigenvalue weighted by atomic mass is 16.1. The van der Waals surface area contributed by atoms with Crippen LogP contribution in [0.4, 0.5) is 11.4 Å². The number of anilines is 2. The summed E-state index contributed by atoms with van der Waals surface area (Å²) < 4.78 is 0. The molecule has 128 valence electrons. The molecule has 1 aliphatic carbocycles.